The molecule has 0 aliphatic heterocycles. The summed E-state index contributed by atoms with van der Waals surface area (Å²) in [6, 6.07) is 2.92. The third-order valence-corrected chi connectivity index (χ3v) is 3.16. The van der Waals surface area contributed by atoms with Crippen molar-refractivity contribution in [3.63, 3.8) is 0 Å². The summed E-state index contributed by atoms with van der Waals surface area (Å²) in [5.41, 5.74) is -1.00. The fourth-order valence-corrected chi connectivity index (χ4v) is 1.53. The number of halogens is 3. The Morgan fingerprint density at radius 2 is 1.76 bits per heavy atom. The van der Waals surface area contributed by atoms with E-state index in [1.807, 2.05) is 0 Å². The van der Waals surface area contributed by atoms with Crippen LogP contribution in [-0.4, -0.2) is 17.7 Å². The molecule has 0 saturated heterocycles. The summed E-state index contributed by atoms with van der Waals surface area (Å²) in [6.45, 7) is 3.10. The molecule has 0 bridgehead atoms. The van der Waals surface area contributed by atoms with Crippen LogP contribution in [0.4, 0.5) is 0 Å². The topological polar surface area (TPSA) is 46.5 Å². The van der Waals surface area contributed by atoms with E-state index in [2.05, 4.69) is 0 Å². The van der Waals surface area contributed by atoms with Crippen LogP contribution in [0.2, 0.25) is 15.1 Å². The fourth-order valence-electron chi connectivity index (χ4n) is 0.935. The molecular formula is C11H11Cl3O3. The van der Waals surface area contributed by atoms with Crippen LogP contribution in [0.25, 0.3) is 0 Å². The monoisotopic (exact) mass is 296 g/mol. The number of rotatable bonds is 4. The lowest BCUT2D eigenvalue weighted by Gasteiger charge is -2.20. The Kier molecular flexibility index (Phi) is 4.53. The lowest BCUT2D eigenvalue weighted by molar-refractivity contribution is -0.148. The van der Waals surface area contributed by atoms with Gasteiger partial charge in [-0.25, -0.2) is 0 Å². The molecule has 0 radical (unpaired) electrons. The van der Waals surface area contributed by atoms with Crippen LogP contribution < -0.4 is 4.74 Å². The molecule has 0 atom stereocenters. The molecular weight excluding hydrogens is 286 g/mol. The summed E-state index contributed by atoms with van der Waals surface area (Å²) in [5.74, 6) is -0.635. The molecule has 0 spiro atoms. The van der Waals surface area contributed by atoms with E-state index in [9.17, 15) is 4.79 Å². The molecule has 0 aromatic heterocycles. The third-order valence-electron chi connectivity index (χ3n) is 2.14. The molecule has 0 aliphatic carbocycles. The average molecular weight is 298 g/mol. The number of aliphatic carboxylic acids is 1. The first-order chi connectivity index (χ1) is 7.74. The second-order valence-corrected chi connectivity index (χ2v) is 5.40. The van der Waals surface area contributed by atoms with Gasteiger partial charge in [-0.3, -0.25) is 4.79 Å². The highest BCUT2D eigenvalue weighted by atomic mass is 35.5. The van der Waals surface area contributed by atoms with Gasteiger partial charge in [-0.15, -0.1) is 0 Å². The number of benzene rings is 1. The maximum atomic E-state index is 10.9. The van der Waals surface area contributed by atoms with Gasteiger partial charge in [0, 0.05) is 6.07 Å². The molecule has 0 amide bonds. The van der Waals surface area contributed by atoms with E-state index in [0.29, 0.717) is 20.8 Å². The van der Waals surface area contributed by atoms with Crippen molar-refractivity contribution in [2.45, 2.75) is 13.8 Å². The number of carboxylic acids is 1. The molecule has 1 N–H and O–H groups in total. The summed E-state index contributed by atoms with van der Waals surface area (Å²) < 4.78 is 5.34. The molecule has 0 saturated carbocycles. The summed E-state index contributed by atoms with van der Waals surface area (Å²) in [7, 11) is 0. The van der Waals surface area contributed by atoms with Gasteiger partial charge < -0.3 is 9.84 Å². The van der Waals surface area contributed by atoms with E-state index in [0.717, 1.165) is 0 Å². The molecule has 1 aromatic carbocycles. The van der Waals surface area contributed by atoms with E-state index < -0.39 is 11.4 Å². The lowest BCUT2D eigenvalue weighted by atomic mass is 9.95. The van der Waals surface area contributed by atoms with Gasteiger partial charge in [0.1, 0.15) is 12.4 Å². The second-order valence-electron chi connectivity index (χ2n) is 4.17. The highest BCUT2D eigenvalue weighted by Gasteiger charge is 2.28. The predicted molar refractivity (Wildman–Crippen MR) is 68.4 cm³/mol. The predicted octanol–water partition coefficient (Wildman–Crippen LogP) is 4.14. The van der Waals surface area contributed by atoms with Crippen molar-refractivity contribution in [1.29, 1.82) is 0 Å². The standard InChI is InChI=1S/C11H11Cl3O3/c1-11(2,10(15)16)5-17-9-4-7(13)6(12)3-8(9)14/h3-4H,5H2,1-2H3,(H,15,16). The second kappa shape index (κ2) is 5.34. The molecule has 0 heterocycles. The lowest BCUT2D eigenvalue weighted by Crippen LogP contribution is -2.30. The molecule has 0 unspecified atom stereocenters. The highest BCUT2D eigenvalue weighted by Crippen LogP contribution is 2.34. The van der Waals surface area contributed by atoms with Gasteiger partial charge in [0.15, 0.2) is 0 Å². The van der Waals surface area contributed by atoms with Gasteiger partial charge in [-0.05, 0) is 19.9 Å². The van der Waals surface area contributed by atoms with Crippen molar-refractivity contribution in [1.82, 2.24) is 0 Å². The summed E-state index contributed by atoms with van der Waals surface area (Å²) in [5, 5.41) is 9.84. The molecule has 6 heteroatoms. The van der Waals surface area contributed by atoms with Crippen molar-refractivity contribution >= 4 is 40.8 Å². The van der Waals surface area contributed by atoms with E-state index in [1.165, 1.54) is 12.1 Å². The summed E-state index contributed by atoms with van der Waals surface area (Å²) in [6.07, 6.45) is 0. The first kappa shape index (κ1) is 14.4. The molecule has 0 fully saturated rings. The highest BCUT2D eigenvalue weighted by molar-refractivity contribution is 6.43. The first-order valence-corrected chi connectivity index (χ1v) is 5.88. The quantitative estimate of drug-likeness (QED) is 0.850. The third kappa shape index (κ3) is 3.66. The summed E-state index contributed by atoms with van der Waals surface area (Å²) in [4.78, 5) is 10.9. The van der Waals surface area contributed by atoms with Gasteiger partial charge in [0.25, 0.3) is 0 Å². The van der Waals surface area contributed by atoms with E-state index >= 15 is 0 Å². The van der Waals surface area contributed by atoms with Crippen LogP contribution in [0.1, 0.15) is 13.8 Å². The van der Waals surface area contributed by atoms with Gasteiger partial charge in [-0.2, -0.15) is 0 Å². The van der Waals surface area contributed by atoms with Crippen LogP contribution in [0.15, 0.2) is 12.1 Å². The minimum absolute atomic E-state index is 0.0139. The Morgan fingerprint density at radius 1 is 1.24 bits per heavy atom. The molecule has 0 aliphatic rings. The van der Waals surface area contributed by atoms with Crippen molar-refractivity contribution in [2.24, 2.45) is 5.41 Å². The smallest absolute Gasteiger partial charge is 0.312 e. The van der Waals surface area contributed by atoms with Gasteiger partial charge in [0.2, 0.25) is 0 Å². The maximum absolute atomic E-state index is 10.9. The Morgan fingerprint density at radius 3 is 2.29 bits per heavy atom. The van der Waals surface area contributed by atoms with Crippen molar-refractivity contribution in [3.8, 4) is 5.75 Å². The van der Waals surface area contributed by atoms with Gasteiger partial charge in [-0.1, -0.05) is 34.8 Å². The minimum Gasteiger partial charge on any atom is -0.491 e. The van der Waals surface area contributed by atoms with Crippen LogP contribution in [0.3, 0.4) is 0 Å². The molecule has 1 aromatic rings. The fraction of sp³-hybridized carbons (Fsp3) is 0.364. The Hall–Kier alpha value is -0.640. The maximum Gasteiger partial charge on any atom is 0.312 e. The average Bonchev–Trinajstić information content (AvgIpc) is 2.21. The number of hydrogen-bond donors (Lipinski definition) is 1. The first-order valence-electron chi connectivity index (χ1n) is 4.75. The largest absolute Gasteiger partial charge is 0.491 e. The molecule has 94 valence electrons. The van der Waals surface area contributed by atoms with Crippen molar-refractivity contribution in [3.05, 3.63) is 27.2 Å². The Balaban J connectivity index is 2.83. The zero-order chi connectivity index (χ0) is 13.2. The van der Waals surface area contributed by atoms with Crippen LogP contribution in [0, 0.1) is 5.41 Å². The SMILES string of the molecule is CC(C)(COc1cc(Cl)c(Cl)cc1Cl)C(=O)O. The van der Waals surface area contributed by atoms with Crippen LogP contribution in [0.5, 0.6) is 5.75 Å². The van der Waals surface area contributed by atoms with E-state index in [1.54, 1.807) is 13.8 Å². The van der Waals surface area contributed by atoms with Crippen molar-refractivity contribution < 1.29 is 14.6 Å². The number of carboxylic acid groups (broad SMARTS) is 1. The molecule has 3 nitrogen and oxygen atoms in total. The van der Waals surface area contributed by atoms with Gasteiger partial charge in [0.05, 0.1) is 20.5 Å². The van der Waals surface area contributed by atoms with Crippen molar-refractivity contribution in [2.75, 3.05) is 6.61 Å². The van der Waals surface area contributed by atoms with E-state index in [-0.39, 0.29) is 6.61 Å². The van der Waals surface area contributed by atoms with Gasteiger partial charge >= 0.3 is 5.97 Å². The minimum atomic E-state index is -1.00. The Labute approximate surface area is 114 Å². The number of ether oxygens (including phenoxy) is 1. The zero-order valence-electron chi connectivity index (χ0n) is 9.26. The Bertz CT molecular complexity index is 444. The summed E-state index contributed by atoms with van der Waals surface area (Å²) >= 11 is 17.5. The normalized spacial score (nSPS) is 11.4. The molecule has 17 heavy (non-hydrogen) atoms. The van der Waals surface area contributed by atoms with E-state index in [4.69, 9.17) is 44.6 Å². The number of hydrogen-bond acceptors (Lipinski definition) is 2. The molecule has 1 rings (SSSR count). The zero-order valence-corrected chi connectivity index (χ0v) is 11.5. The number of carbonyl (C=O) groups is 1. The van der Waals surface area contributed by atoms with Crippen LogP contribution in [-0.2, 0) is 4.79 Å². The van der Waals surface area contributed by atoms with Crippen LogP contribution >= 0.6 is 34.8 Å².